The second-order valence-electron chi connectivity index (χ2n) is 4.62. The molecule has 0 unspecified atom stereocenters. The molecule has 2 heterocycles. The van der Waals surface area contributed by atoms with Gasteiger partial charge < -0.3 is 10.1 Å². The van der Waals surface area contributed by atoms with Crippen molar-refractivity contribution in [2.75, 3.05) is 26.0 Å². The Kier molecular flexibility index (Phi) is 3.98. The number of likely N-dealkylation sites (tertiary alicyclic amines) is 1. The van der Waals surface area contributed by atoms with Gasteiger partial charge in [-0.1, -0.05) is 0 Å². The molecule has 1 aliphatic rings. The van der Waals surface area contributed by atoms with E-state index in [0.717, 1.165) is 25.2 Å². The molecule has 1 aromatic rings. The fourth-order valence-electron chi connectivity index (χ4n) is 2.26. The lowest BCUT2D eigenvalue weighted by Gasteiger charge is -2.17. The molecule has 0 spiro atoms. The summed E-state index contributed by atoms with van der Waals surface area (Å²) in [6.07, 6.45) is 4.38. The van der Waals surface area contributed by atoms with Crippen molar-refractivity contribution in [3.8, 4) is 0 Å². The van der Waals surface area contributed by atoms with Crippen LogP contribution >= 0.6 is 0 Å². The zero-order valence-corrected chi connectivity index (χ0v) is 11.1. The number of hydrogen-bond donors (Lipinski definition) is 1. The maximum absolute atomic E-state index is 12.1. The minimum Gasteiger partial charge on any atom is -0.380 e. The number of nitrogens with zero attached hydrogens (tertiary/aromatic N) is 3. The molecule has 2 atom stereocenters. The first-order chi connectivity index (χ1) is 8.63. The Labute approximate surface area is 107 Å². The normalized spacial score (nSPS) is 24.4. The SMILES string of the molecule is CCn1cc(NC(=O)[C@@H]2C[C@H](OC)CN2C)cn1. The maximum atomic E-state index is 12.1. The number of nitrogens with one attached hydrogen (secondary N) is 1. The number of anilines is 1. The molecule has 1 saturated heterocycles. The first kappa shape index (κ1) is 13.0. The summed E-state index contributed by atoms with van der Waals surface area (Å²) < 4.78 is 7.08. The second kappa shape index (κ2) is 5.49. The van der Waals surface area contributed by atoms with Crippen LogP contribution in [0.1, 0.15) is 13.3 Å². The number of likely N-dealkylation sites (N-methyl/N-ethyl adjacent to an activating group) is 1. The Balaban J connectivity index is 1.95. The van der Waals surface area contributed by atoms with Crippen LogP contribution < -0.4 is 5.32 Å². The number of ether oxygens (including phenoxy) is 1. The summed E-state index contributed by atoms with van der Waals surface area (Å²) >= 11 is 0. The molecular weight excluding hydrogens is 232 g/mol. The predicted molar refractivity (Wildman–Crippen MR) is 68.4 cm³/mol. The zero-order chi connectivity index (χ0) is 13.1. The minimum atomic E-state index is -0.125. The molecule has 0 saturated carbocycles. The average Bonchev–Trinajstić information content (AvgIpc) is 2.95. The number of hydrogen-bond acceptors (Lipinski definition) is 4. The summed E-state index contributed by atoms with van der Waals surface area (Å²) in [7, 11) is 3.63. The van der Waals surface area contributed by atoms with Crippen molar-refractivity contribution in [1.29, 1.82) is 0 Å². The summed E-state index contributed by atoms with van der Waals surface area (Å²) in [6.45, 7) is 3.60. The standard InChI is InChI=1S/C12H20N4O2/c1-4-16-7-9(6-13-16)14-12(17)11-5-10(18-3)8-15(11)2/h6-7,10-11H,4-5,8H2,1-3H3,(H,14,17)/t10-,11-/m0/s1. The molecule has 18 heavy (non-hydrogen) atoms. The molecule has 1 aromatic heterocycles. The van der Waals surface area contributed by atoms with Crippen molar-refractivity contribution in [3.63, 3.8) is 0 Å². The molecule has 6 nitrogen and oxygen atoms in total. The van der Waals surface area contributed by atoms with E-state index in [2.05, 4.69) is 10.4 Å². The molecule has 0 aliphatic carbocycles. The highest BCUT2D eigenvalue weighted by molar-refractivity contribution is 5.94. The van der Waals surface area contributed by atoms with Gasteiger partial charge in [0.05, 0.1) is 24.0 Å². The van der Waals surface area contributed by atoms with Crippen molar-refractivity contribution in [1.82, 2.24) is 14.7 Å². The van der Waals surface area contributed by atoms with Gasteiger partial charge >= 0.3 is 0 Å². The Hall–Kier alpha value is -1.40. The lowest BCUT2D eigenvalue weighted by molar-refractivity contribution is -0.120. The maximum Gasteiger partial charge on any atom is 0.241 e. The van der Waals surface area contributed by atoms with Gasteiger partial charge in [-0.25, -0.2) is 0 Å². The predicted octanol–water partition coefficient (Wildman–Crippen LogP) is 0.561. The van der Waals surface area contributed by atoms with Gasteiger partial charge in [-0.05, 0) is 20.4 Å². The third kappa shape index (κ3) is 2.70. The molecule has 0 aromatic carbocycles. The van der Waals surface area contributed by atoms with E-state index in [4.69, 9.17) is 4.74 Å². The van der Waals surface area contributed by atoms with Crippen LogP contribution in [0.3, 0.4) is 0 Å². The lowest BCUT2D eigenvalue weighted by Crippen LogP contribution is -2.36. The van der Waals surface area contributed by atoms with Gasteiger partial charge in [0.15, 0.2) is 0 Å². The first-order valence-electron chi connectivity index (χ1n) is 6.20. The lowest BCUT2D eigenvalue weighted by atomic mass is 10.2. The van der Waals surface area contributed by atoms with Gasteiger partial charge in [0, 0.05) is 26.4 Å². The third-order valence-electron chi connectivity index (χ3n) is 3.37. The number of methoxy groups -OCH3 is 1. The zero-order valence-electron chi connectivity index (χ0n) is 11.1. The van der Waals surface area contributed by atoms with E-state index < -0.39 is 0 Å². The van der Waals surface area contributed by atoms with Crippen molar-refractivity contribution in [2.24, 2.45) is 0 Å². The third-order valence-corrected chi connectivity index (χ3v) is 3.37. The summed E-state index contributed by atoms with van der Waals surface area (Å²) in [5, 5.41) is 7.02. The number of carbonyl (C=O) groups is 1. The molecule has 1 amide bonds. The molecule has 6 heteroatoms. The van der Waals surface area contributed by atoms with Crippen LogP contribution in [0.2, 0.25) is 0 Å². The topological polar surface area (TPSA) is 59.4 Å². The van der Waals surface area contributed by atoms with Crippen LogP contribution in [0.15, 0.2) is 12.4 Å². The van der Waals surface area contributed by atoms with Crippen molar-refractivity contribution in [3.05, 3.63) is 12.4 Å². The van der Waals surface area contributed by atoms with E-state index >= 15 is 0 Å². The van der Waals surface area contributed by atoms with E-state index in [9.17, 15) is 4.79 Å². The quantitative estimate of drug-likeness (QED) is 0.850. The van der Waals surface area contributed by atoms with E-state index in [1.807, 2.05) is 25.1 Å². The first-order valence-corrected chi connectivity index (χ1v) is 6.20. The molecule has 0 bridgehead atoms. The Bertz CT molecular complexity index is 418. The number of aryl methyl sites for hydroxylation is 1. The highest BCUT2D eigenvalue weighted by Gasteiger charge is 2.34. The summed E-state index contributed by atoms with van der Waals surface area (Å²) in [6, 6.07) is -0.125. The van der Waals surface area contributed by atoms with Gasteiger partial charge in [0.1, 0.15) is 0 Å². The number of aromatic nitrogens is 2. The van der Waals surface area contributed by atoms with E-state index in [1.165, 1.54) is 0 Å². The van der Waals surface area contributed by atoms with Crippen LogP contribution in [0.5, 0.6) is 0 Å². The van der Waals surface area contributed by atoms with Gasteiger partial charge in [0.2, 0.25) is 5.91 Å². The summed E-state index contributed by atoms with van der Waals surface area (Å²) in [5.41, 5.74) is 0.746. The van der Waals surface area contributed by atoms with Crippen LogP contribution in [0.25, 0.3) is 0 Å². The van der Waals surface area contributed by atoms with Crippen molar-refractivity contribution < 1.29 is 9.53 Å². The van der Waals surface area contributed by atoms with Crippen LogP contribution in [-0.2, 0) is 16.1 Å². The van der Waals surface area contributed by atoms with Crippen molar-refractivity contribution >= 4 is 11.6 Å². The van der Waals surface area contributed by atoms with Gasteiger partial charge in [-0.3, -0.25) is 14.4 Å². The number of amides is 1. The number of carbonyl (C=O) groups excluding carboxylic acids is 1. The second-order valence-corrected chi connectivity index (χ2v) is 4.62. The van der Waals surface area contributed by atoms with E-state index in [1.54, 1.807) is 18.0 Å². The Morgan fingerprint density at radius 1 is 1.67 bits per heavy atom. The fraction of sp³-hybridized carbons (Fsp3) is 0.667. The Morgan fingerprint density at radius 2 is 2.44 bits per heavy atom. The van der Waals surface area contributed by atoms with Gasteiger partial charge in [-0.15, -0.1) is 0 Å². The van der Waals surface area contributed by atoms with E-state index in [-0.39, 0.29) is 18.1 Å². The van der Waals surface area contributed by atoms with Gasteiger partial charge in [-0.2, -0.15) is 5.10 Å². The Morgan fingerprint density at radius 3 is 3.00 bits per heavy atom. The fourth-order valence-corrected chi connectivity index (χ4v) is 2.26. The molecular formula is C12H20N4O2. The highest BCUT2D eigenvalue weighted by Crippen LogP contribution is 2.19. The smallest absolute Gasteiger partial charge is 0.241 e. The minimum absolute atomic E-state index is 0.00713. The average molecular weight is 252 g/mol. The molecule has 0 radical (unpaired) electrons. The largest absolute Gasteiger partial charge is 0.380 e. The molecule has 1 fully saturated rings. The molecule has 100 valence electrons. The molecule has 2 rings (SSSR count). The highest BCUT2D eigenvalue weighted by atomic mass is 16.5. The van der Waals surface area contributed by atoms with Crippen LogP contribution in [0.4, 0.5) is 5.69 Å². The molecule has 1 N–H and O–H groups in total. The van der Waals surface area contributed by atoms with E-state index in [0.29, 0.717) is 0 Å². The van der Waals surface area contributed by atoms with Gasteiger partial charge in [0.25, 0.3) is 0 Å². The monoisotopic (exact) mass is 252 g/mol. The molecule has 1 aliphatic heterocycles. The van der Waals surface area contributed by atoms with Crippen LogP contribution in [-0.4, -0.2) is 53.4 Å². The number of rotatable bonds is 4. The summed E-state index contributed by atoms with van der Waals surface area (Å²) in [5.74, 6) is 0.00713. The summed E-state index contributed by atoms with van der Waals surface area (Å²) in [4.78, 5) is 14.2. The van der Waals surface area contributed by atoms with Crippen LogP contribution in [0, 0.1) is 0 Å². The van der Waals surface area contributed by atoms with Crippen molar-refractivity contribution in [2.45, 2.75) is 32.0 Å².